The highest BCUT2D eigenvalue weighted by molar-refractivity contribution is 5.94. The maximum atomic E-state index is 11.9. The quantitative estimate of drug-likeness (QED) is 0.428. The van der Waals surface area contributed by atoms with Crippen LogP contribution >= 0.6 is 0 Å². The van der Waals surface area contributed by atoms with Crippen LogP contribution in [0.15, 0.2) is 42.5 Å². The van der Waals surface area contributed by atoms with Crippen LogP contribution in [-0.4, -0.2) is 37.1 Å². The predicted octanol–water partition coefficient (Wildman–Crippen LogP) is 2.47. The van der Waals surface area contributed by atoms with Crippen molar-refractivity contribution < 1.29 is 28.7 Å². The number of rotatable bonds is 8. The average Bonchev–Trinajstić information content (AvgIpc) is 2.65. The molecule has 2 rings (SSSR count). The molecule has 0 heterocycles. The summed E-state index contributed by atoms with van der Waals surface area (Å²) >= 11 is 0. The van der Waals surface area contributed by atoms with Gasteiger partial charge in [-0.25, -0.2) is 4.79 Å². The largest absolute Gasteiger partial charge is 0.495 e. The van der Waals surface area contributed by atoms with Gasteiger partial charge in [-0.3, -0.25) is 14.9 Å². The number of nitrogens with zero attached hydrogens (tertiary/aromatic N) is 1. The Balaban J connectivity index is 1.79. The van der Waals surface area contributed by atoms with Gasteiger partial charge in [-0.15, -0.1) is 0 Å². The molecule has 0 spiro atoms. The maximum absolute atomic E-state index is 11.9. The van der Waals surface area contributed by atoms with E-state index in [9.17, 15) is 19.7 Å². The van der Waals surface area contributed by atoms with Crippen molar-refractivity contribution in [1.82, 2.24) is 0 Å². The molecule has 0 bridgehead atoms. The van der Waals surface area contributed by atoms with Gasteiger partial charge in [0.05, 0.1) is 17.7 Å². The van der Waals surface area contributed by atoms with E-state index >= 15 is 0 Å². The van der Waals surface area contributed by atoms with Crippen LogP contribution in [0, 0.1) is 17.0 Å². The number of carbonyl (C=O) groups excluding carboxylic acids is 2. The number of non-ortho nitro benzene ring substituents is 1. The fourth-order valence-corrected chi connectivity index (χ4v) is 2.10. The minimum absolute atomic E-state index is 0.0897. The van der Waals surface area contributed by atoms with Gasteiger partial charge in [0.25, 0.3) is 11.6 Å². The van der Waals surface area contributed by atoms with E-state index in [1.807, 2.05) is 13.0 Å². The van der Waals surface area contributed by atoms with Crippen LogP contribution in [0.3, 0.4) is 0 Å². The Morgan fingerprint density at radius 2 is 1.81 bits per heavy atom. The molecule has 0 fully saturated rings. The number of esters is 1. The summed E-state index contributed by atoms with van der Waals surface area (Å²) < 4.78 is 15.1. The van der Waals surface area contributed by atoms with Crippen molar-refractivity contribution in [2.75, 3.05) is 25.6 Å². The predicted molar refractivity (Wildman–Crippen MR) is 95.9 cm³/mol. The molecule has 27 heavy (non-hydrogen) atoms. The standard InChI is InChI=1S/C18H18N2O7/c1-12-3-8-16(25-2)15(9-12)19-17(21)10-27-18(22)11-26-14-6-4-13(5-7-14)20(23)24/h3-9H,10-11H2,1-2H3,(H,19,21). The SMILES string of the molecule is COc1ccc(C)cc1NC(=O)COC(=O)COc1ccc([N+](=O)[O-])cc1. The molecule has 0 atom stereocenters. The molecule has 1 amide bonds. The highest BCUT2D eigenvalue weighted by Crippen LogP contribution is 2.25. The number of hydrogen-bond donors (Lipinski definition) is 1. The molecule has 0 aliphatic carbocycles. The zero-order chi connectivity index (χ0) is 19.8. The van der Waals surface area contributed by atoms with Crippen molar-refractivity contribution in [2.24, 2.45) is 0 Å². The first kappa shape index (κ1) is 19.7. The first-order chi connectivity index (χ1) is 12.9. The molecule has 0 aliphatic rings. The van der Waals surface area contributed by atoms with Crippen LogP contribution in [0.4, 0.5) is 11.4 Å². The Hall–Kier alpha value is -3.62. The number of ether oxygens (including phenoxy) is 3. The lowest BCUT2D eigenvalue weighted by Crippen LogP contribution is -2.23. The minimum Gasteiger partial charge on any atom is -0.495 e. The lowest BCUT2D eigenvalue weighted by molar-refractivity contribution is -0.384. The van der Waals surface area contributed by atoms with Crippen molar-refractivity contribution in [3.63, 3.8) is 0 Å². The number of benzene rings is 2. The van der Waals surface area contributed by atoms with Crippen molar-refractivity contribution in [2.45, 2.75) is 6.92 Å². The Morgan fingerprint density at radius 3 is 2.44 bits per heavy atom. The molecule has 9 nitrogen and oxygen atoms in total. The first-order valence-electron chi connectivity index (χ1n) is 7.86. The van der Waals surface area contributed by atoms with E-state index in [0.29, 0.717) is 11.4 Å². The van der Waals surface area contributed by atoms with Gasteiger partial charge in [0.2, 0.25) is 0 Å². The van der Waals surface area contributed by atoms with Crippen LogP contribution in [0.5, 0.6) is 11.5 Å². The number of nitrogens with one attached hydrogen (secondary N) is 1. The van der Waals surface area contributed by atoms with Crippen molar-refractivity contribution in [1.29, 1.82) is 0 Å². The lowest BCUT2D eigenvalue weighted by atomic mass is 10.2. The summed E-state index contributed by atoms with van der Waals surface area (Å²) in [6, 6.07) is 10.5. The highest BCUT2D eigenvalue weighted by Gasteiger charge is 2.12. The van der Waals surface area contributed by atoms with Gasteiger partial charge in [0.1, 0.15) is 11.5 Å². The zero-order valence-corrected chi connectivity index (χ0v) is 14.8. The summed E-state index contributed by atoms with van der Waals surface area (Å²) in [6.07, 6.45) is 0. The molecule has 0 saturated carbocycles. The fourth-order valence-electron chi connectivity index (χ4n) is 2.10. The monoisotopic (exact) mass is 374 g/mol. The smallest absolute Gasteiger partial charge is 0.344 e. The Bertz CT molecular complexity index is 834. The van der Waals surface area contributed by atoms with Crippen molar-refractivity contribution in [3.8, 4) is 11.5 Å². The molecule has 0 radical (unpaired) electrons. The molecule has 0 unspecified atom stereocenters. The third-order valence-electron chi connectivity index (χ3n) is 3.40. The molecule has 2 aromatic carbocycles. The van der Waals surface area contributed by atoms with Gasteiger partial charge >= 0.3 is 5.97 Å². The molecule has 0 aromatic heterocycles. The molecular formula is C18H18N2O7. The molecule has 2 aromatic rings. The second-order valence-corrected chi connectivity index (χ2v) is 5.45. The van der Waals surface area contributed by atoms with Crippen LogP contribution in [-0.2, 0) is 14.3 Å². The number of nitro groups is 1. The van der Waals surface area contributed by atoms with Crippen LogP contribution in [0.1, 0.15) is 5.56 Å². The number of amides is 1. The normalized spacial score (nSPS) is 10.0. The molecule has 9 heteroatoms. The van der Waals surface area contributed by atoms with E-state index in [2.05, 4.69) is 5.32 Å². The number of methoxy groups -OCH3 is 1. The zero-order valence-electron chi connectivity index (χ0n) is 14.8. The second kappa shape index (κ2) is 9.18. The van der Waals surface area contributed by atoms with Crippen LogP contribution in [0.25, 0.3) is 0 Å². The molecular weight excluding hydrogens is 356 g/mol. The van der Waals surface area contributed by atoms with E-state index in [1.165, 1.54) is 31.4 Å². The third kappa shape index (κ3) is 5.99. The highest BCUT2D eigenvalue weighted by atomic mass is 16.6. The molecule has 0 aliphatic heterocycles. The van der Waals surface area contributed by atoms with Gasteiger partial charge < -0.3 is 19.5 Å². The van der Waals surface area contributed by atoms with E-state index in [1.54, 1.807) is 12.1 Å². The van der Waals surface area contributed by atoms with E-state index in [0.717, 1.165) is 5.56 Å². The average molecular weight is 374 g/mol. The summed E-state index contributed by atoms with van der Waals surface area (Å²) in [6.45, 7) is 0.947. The Kier molecular flexibility index (Phi) is 6.70. The lowest BCUT2D eigenvalue weighted by Gasteiger charge is -2.11. The second-order valence-electron chi connectivity index (χ2n) is 5.45. The van der Waals surface area contributed by atoms with Gasteiger partial charge in [0, 0.05) is 12.1 Å². The van der Waals surface area contributed by atoms with Gasteiger partial charge in [-0.05, 0) is 36.8 Å². The van der Waals surface area contributed by atoms with E-state index in [-0.39, 0.29) is 11.4 Å². The first-order valence-corrected chi connectivity index (χ1v) is 7.86. The number of nitro benzene ring substituents is 1. The van der Waals surface area contributed by atoms with Gasteiger partial charge in [-0.1, -0.05) is 6.07 Å². The van der Waals surface area contributed by atoms with Crippen molar-refractivity contribution >= 4 is 23.3 Å². The fraction of sp³-hybridized carbons (Fsp3) is 0.222. The summed E-state index contributed by atoms with van der Waals surface area (Å²) in [5.41, 5.74) is 1.31. The number of aryl methyl sites for hydroxylation is 1. The summed E-state index contributed by atoms with van der Waals surface area (Å²) in [5, 5.41) is 13.2. The number of carbonyl (C=O) groups is 2. The maximum Gasteiger partial charge on any atom is 0.344 e. The minimum atomic E-state index is -0.750. The Morgan fingerprint density at radius 1 is 1.11 bits per heavy atom. The van der Waals surface area contributed by atoms with Crippen LogP contribution < -0.4 is 14.8 Å². The molecule has 142 valence electrons. The molecule has 0 saturated heterocycles. The van der Waals surface area contributed by atoms with E-state index < -0.39 is 30.0 Å². The summed E-state index contributed by atoms with van der Waals surface area (Å²) in [4.78, 5) is 33.6. The van der Waals surface area contributed by atoms with Crippen LogP contribution in [0.2, 0.25) is 0 Å². The molecule has 1 N–H and O–H groups in total. The van der Waals surface area contributed by atoms with Crippen molar-refractivity contribution in [3.05, 3.63) is 58.1 Å². The number of hydrogen-bond acceptors (Lipinski definition) is 7. The number of anilines is 1. The van der Waals surface area contributed by atoms with Gasteiger partial charge in [-0.2, -0.15) is 0 Å². The van der Waals surface area contributed by atoms with E-state index in [4.69, 9.17) is 14.2 Å². The third-order valence-corrected chi connectivity index (χ3v) is 3.40. The summed E-state index contributed by atoms with van der Waals surface area (Å²) in [5.74, 6) is -0.518. The Labute approximate surface area is 155 Å². The summed E-state index contributed by atoms with van der Waals surface area (Å²) in [7, 11) is 1.48. The topological polar surface area (TPSA) is 117 Å². The van der Waals surface area contributed by atoms with Gasteiger partial charge in [0.15, 0.2) is 13.2 Å².